The maximum atomic E-state index is 13.5. The molecule has 3 aromatic rings. The van der Waals surface area contributed by atoms with E-state index in [9.17, 15) is 9.59 Å². The molecule has 0 bridgehead atoms. The summed E-state index contributed by atoms with van der Waals surface area (Å²) >= 11 is 0. The first kappa shape index (κ1) is 21.8. The lowest BCUT2D eigenvalue weighted by molar-refractivity contribution is -0.133. The Morgan fingerprint density at radius 3 is 1.81 bits per heavy atom. The Morgan fingerprint density at radius 2 is 1.28 bits per heavy atom. The van der Waals surface area contributed by atoms with Crippen molar-refractivity contribution in [1.29, 1.82) is 0 Å². The zero-order valence-electron chi connectivity index (χ0n) is 18.3. The van der Waals surface area contributed by atoms with Crippen LogP contribution in [0.15, 0.2) is 91.0 Å². The lowest BCUT2D eigenvalue weighted by atomic mass is 9.89. The molecule has 4 nitrogen and oxygen atoms in total. The molecule has 4 heteroatoms. The van der Waals surface area contributed by atoms with Gasteiger partial charge < -0.3 is 10.2 Å². The topological polar surface area (TPSA) is 49.4 Å². The Hall–Kier alpha value is -3.40. The predicted molar refractivity (Wildman–Crippen MR) is 127 cm³/mol. The van der Waals surface area contributed by atoms with Crippen molar-refractivity contribution < 1.29 is 9.59 Å². The lowest BCUT2D eigenvalue weighted by Gasteiger charge is -2.35. The van der Waals surface area contributed by atoms with Crippen molar-refractivity contribution in [3.05, 3.63) is 108 Å². The highest BCUT2D eigenvalue weighted by Gasteiger charge is 2.30. The summed E-state index contributed by atoms with van der Waals surface area (Å²) in [5.74, 6) is -0.0734. The van der Waals surface area contributed by atoms with Crippen LogP contribution in [0.2, 0.25) is 0 Å². The molecule has 0 aromatic heterocycles. The molecule has 0 unspecified atom stereocenters. The third kappa shape index (κ3) is 5.64. The minimum Gasteiger partial charge on any atom is -0.353 e. The highest BCUT2D eigenvalue weighted by molar-refractivity contribution is 5.87. The molecule has 2 amide bonds. The van der Waals surface area contributed by atoms with E-state index in [1.165, 1.54) is 5.56 Å². The zero-order valence-corrected chi connectivity index (χ0v) is 18.3. The normalized spacial score (nSPS) is 14.3. The van der Waals surface area contributed by atoms with E-state index in [1.54, 1.807) is 0 Å². The maximum absolute atomic E-state index is 13.5. The molecule has 0 radical (unpaired) electrons. The smallest absolute Gasteiger partial charge is 0.234 e. The van der Waals surface area contributed by atoms with Crippen LogP contribution in [0.4, 0.5) is 0 Å². The summed E-state index contributed by atoms with van der Waals surface area (Å²) in [5, 5.41) is 3.16. The SMILES string of the molecule is O=C(CCc1ccccc1)NC1CCN(C(=O)C(c2ccccc2)c2ccccc2)CC1. The number of nitrogens with zero attached hydrogens (tertiary/aromatic N) is 1. The van der Waals surface area contributed by atoms with Crippen LogP contribution in [-0.4, -0.2) is 35.8 Å². The summed E-state index contributed by atoms with van der Waals surface area (Å²) in [7, 11) is 0. The van der Waals surface area contributed by atoms with Gasteiger partial charge in [0.25, 0.3) is 0 Å². The van der Waals surface area contributed by atoms with E-state index in [2.05, 4.69) is 5.32 Å². The molecule has 1 saturated heterocycles. The number of rotatable bonds is 7. The van der Waals surface area contributed by atoms with Crippen LogP contribution in [0.25, 0.3) is 0 Å². The minimum atomic E-state index is -0.297. The highest BCUT2D eigenvalue weighted by Crippen LogP contribution is 2.28. The summed E-state index contributed by atoms with van der Waals surface area (Å²) < 4.78 is 0. The summed E-state index contributed by atoms with van der Waals surface area (Å²) in [6.45, 7) is 1.33. The Morgan fingerprint density at radius 1 is 0.781 bits per heavy atom. The van der Waals surface area contributed by atoms with E-state index < -0.39 is 0 Å². The molecule has 1 aliphatic rings. The van der Waals surface area contributed by atoms with Gasteiger partial charge in [0.2, 0.25) is 11.8 Å². The van der Waals surface area contributed by atoms with Crippen LogP contribution in [0, 0.1) is 0 Å². The van der Waals surface area contributed by atoms with Crippen LogP contribution in [0.5, 0.6) is 0 Å². The van der Waals surface area contributed by atoms with Crippen molar-refractivity contribution in [3.63, 3.8) is 0 Å². The van der Waals surface area contributed by atoms with Crippen LogP contribution in [0.3, 0.4) is 0 Å². The van der Waals surface area contributed by atoms with Gasteiger partial charge in [-0.15, -0.1) is 0 Å². The average molecular weight is 427 g/mol. The first-order valence-corrected chi connectivity index (χ1v) is 11.4. The number of likely N-dealkylation sites (tertiary alicyclic amines) is 1. The van der Waals surface area contributed by atoms with Crippen LogP contribution < -0.4 is 5.32 Å². The van der Waals surface area contributed by atoms with Crippen molar-refractivity contribution in [2.24, 2.45) is 0 Å². The Bertz CT molecular complexity index is 958. The van der Waals surface area contributed by atoms with Crippen LogP contribution in [0.1, 0.15) is 41.9 Å². The fraction of sp³-hybridized carbons (Fsp3) is 0.286. The standard InChI is InChI=1S/C28H30N2O2/c31-26(17-16-22-10-4-1-5-11-22)29-25-18-20-30(21-19-25)28(32)27(23-12-6-2-7-13-23)24-14-8-3-9-15-24/h1-15,25,27H,16-21H2,(H,29,31). The second-order valence-electron chi connectivity index (χ2n) is 8.41. The average Bonchev–Trinajstić information content (AvgIpc) is 2.85. The van der Waals surface area contributed by atoms with E-state index >= 15 is 0 Å². The van der Waals surface area contributed by atoms with E-state index in [0.717, 1.165) is 30.4 Å². The monoisotopic (exact) mass is 426 g/mol. The fourth-order valence-electron chi connectivity index (χ4n) is 4.40. The van der Waals surface area contributed by atoms with Crippen molar-refractivity contribution in [2.75, 3.05) is 13.1 Å². The fourth-order valence-corrected chi connectivity index (χ4v) is 4.40. The van der Waals surface area contributed by atoms with Crippen molar-refractivity contribution in [3.8, 4) is 0 Å². The van der Waals surface area contributed by atoms with E-state index in [4.69, 9.17) is 0 Å². The number of aryl methyl sites for hydroxylation is 1. The van der Waals surface area contributed by atoms with Gasteiger partial charge >= 0.3 is 0 Å². The summed E-state index contributed by atoms with van der Waals surface area (Å²) in [5.41, 5.74) is 3.20. The molecule has 1 fully saturated rings. The molecule has 0 aliphatic carbocycles. The summed E-state index contributed by atoms with van der Waals surface area (Å²) in [6.07, 6.45) is 2.82. The highest BCUT2D eigenvalue weighted by atomic mass is 16.2. The van der Waals surface area contributed by atoms with Gasteiger partial charge in [-0.3, -0.25) is 9.59 Å². The molecule has 0 saturated carbocycles. The number of benzene rings is 3. The quantitative estimate of drug-likeness (QED) is 0.602. The Balaban J connectivity index is 1.33. The second-order valence-corrected chi connectivity index (χ2v) is 8.41. The first-order valence-electron chi connectivity index (χ1n) is 11.4. The second kappa shape index (κ2) is 10.8. The van der Waals surface area contributed by atoms with Gasteiger partial charge in [-0.05, 0) is 36.0 Å². The third-order valence-corrected chi connectivity index (χ3v) is 6.17. The Labute approximate surface area is 190 Å². The number of amides is 2. The molecule has 32 heavy (non-hydrogen) atoms. The van der Waals surface area contributed by atoms with Gasteiger partial charge in [-0.25, -0.2) is 0 Å². The number of hydrogen-bond donors (Lipinski definition) is 1. The molecule has 1 heterocycles. The molecule has 1 N–H and O–H groups in total. The molecule has 4 rings (SSSR count). The van der Waals surface area contributed by atoms with E-state index in [1.807, 2.05) is 95.9 Å². The number of carbonyl (C=O) groups excluding carboxylic acids is 2. The lowest BCUT2D eigenvalue weighted by Crippen LogP contribution is -2.47. The van der Waals surface area contributed by atoms with Gasteiger partial charge in [0, 0.05) is 25.6 Å². The number of piperidine rings is 1. The zero-order chi connectivity index (χ0) is 22.2. The van der Waals surface area contributed by atoms with Crippen molar-refractivity contribution in [1.82, 2.24) is 10.2 Å². The first-order chi connectivity index (χ1) is 15.7. The molecule has 164 valence electrons. The van der Waals surface area contributed by atoms with Crippen molar-refractivity contribution in [2.45, 2.75) is 37.6 Å². The van der Waals surface area contributed by atoms with Gasteiger partial charge in [-0.1, -0.05) is 91.0 Å². The van der Waals surface area contributed by atoms with Crippen LogP contribution >= 0.6 is 0 Å². The number of hydrogen-bond acceptors (Lipinski definition) is 2. The molecule has 3 aromatic carbocycles. The van der Waals surface area contributed by atoms with Crippen molar-refractivity contribution >= 4 is 11.8 Å². The summed E-state index contributed by atoms with van der Waals surface area (Å²) in [4.78, 5) is 27.9. The van der Waals surface area contributed by atoms with Gasteiger partial charge in [0.1, 0.15) is 0 Å². The molecule has 1 aliphatic heterocycles. The number of carbonyl (C=O) groups is 2. The van der Waals surface area contributed by atoms with Gasteiger partial charge in [0.15, 0.2) is 0 Å². The van der Waals surface area contributed by atoms with E-state index in [-0.39, 0.29) is 23.8 Å². The molecular formula is C28H30N2O2. The molecule has 0 spiro atoms. The summed E-state index contributed by atoms with van der Waals surface area (Å²) in [6, 6.07) is 30.2. The van der Waals surface area contributed by atoms with Crippen LogP contribution in [-0.2, 0) is 16.0 Å². The number of nitrogens with one attached hydrogen (secondary N) is 1. The molecule has 0 atom stereocenters. The third-order valence-electron chi connectivity index (χ3n) is 6.17. The maximum Gasteiger partial charge on any atom is 0.234 e. The van der Waals surface area contributed by atoms with Gasteiger partial charge in [-0.2, -0.15) is 0 Å². The van der Waals surface area contributed by atoms with E-state index in [0.29, 0.717) is 19.5 Å². The Kier molecular flexibility index (Phi) is 7.34. The minimum absolute atomic E-state index is 0.0880. The predicted octanol–water partition coefficient (Wildman–Crippen LogP) is 4.56. The van der Waals surface area contributed by atoms with Gasteiger partial charge in [0.05, 0.1) is 5.92 Å². The molecular weight excluding hydrogens is 396 g/mol. The largest absolute Gasteiger partial charge is 0.353 e.